The highest BCUT2D eigenvalue weighted by molar-refractivity contribution is 7.90. The number of ether oxygens (including phenoxy) is 1. The van der Waals surface area contributed by atoms with Gasteiger partial charge in [0.2, 0.25) is 5.95 Å². The first-order valence-electron chi connectivity index (χ1n) is 15.0. The summed E-state index contributed by atoms with van der Waals surface area (Å²) in [5.74, 6) is -1.52. The van der Waals surface area contributed by atoms with Gasteiger partial charge in [-0.05, 0) is 61.6 Å². The number of imidazole rings is 1. The third-order valence-corrected chi connectivity index (χ3v) is 9.58. The Kier molecular flexibility index (Phi) is 8.48. The maximum absolute atomic E-state index is 15.3. The molecule has 1 saturated carbocycles. The van der Waals surface area contributed by atoms with Crippen molar-refractivity contribution in [2.24, 2.45) is 11.7 Å². The van der Waals surface area contributed by atoms with Gasteiger partial charge in [-0.3, -0.25) is 4.98 Å². The van der Waals surface area contributed by atoms with Gasteiger partial charge in [-0.15, -0.1) is 0 Å². The first-order chi connectivity index (χ1) is 21.4. The van der Waals surface area contributed by atoms with E-state index in [1.54, 1.807) is 24.7 Å². The topological polar surface area (TPSA) is 128 Å². The van der Waals surface area contributed by atoms with Crippen LogP contribution in [0.4, 0.5) is 30.5 Å². The van der Waals surface area contributed by atoms with E-state index < -0.39 is 27.1 Å². The highest BCUT2D eigenvalue weighted by Crippen LogP contribution is 2.44. The summed E-state index contributed by atoms with van der Waals surface area (Å²) in [6.45, 7) is 3.13. The summed E-state index contributed by atoms with van der Waals surface area (Å²) in [6, 6.07) is 6.79. The van der Waals surface area contributed by atoms with E-state index in [1.165, 1.54) is 16.8 Å². The molecule has 14 heteroatoms. The standard InChI is InChI=1S/C31H36F3N7O3S/c1-19-17-40(18-24(35)29(19)44-11-12-45(2,42)43)27-7-10-36-16-26(27)38-30-37-15-21-5-6-25(39-41(21)30)28-22(32)13-20(14-23(28)33)31(34)8-3-4-9-31/h5-7,10,13-16,19,24,29H,3-4,8-9,11-12,17-18,35H2,1-2H3,(H,37,38)/t19-,24+,29-/m0/s1. The second kappa shape index (κ2) is 12.2. The molecule has 45 heavy (non-hydrogen) atoms. The van der Waals surface area contributed by atoms with E-state index in [0.29, 0.717) is 43.1 Å². The van der Waals surface area contributed by atoms with Crippen molar-refractivity contribution in [1.29, 1.82) is 0 Å². The first kappa shape index (κ1) is 31.2. The summed E-state index contributed by atoms with van der Waals surface area (Å²) in [6.07, 6.45) is 7.61. The molecule has 6 rings (SSSR count). The minimum absolute atomic E-state index is 0.00271. The van der Waals surface area contributed by atoms with Gasteiger partial charge in [0, 0.05) is 37.5 Å². The number of halogens is 3. The number of benzene rings is 1. The van der Waals surface area contributed by atoms with Crippen molar-refractivity contribution in [3.8, 4) is 11.3 Å². The van der Waals surface area contributed by atoms with Crippen molar-refractivity contribution in [3.63, 3.8) is 0 Å². The van der Waals surface area contributed by atoms with Crippen molar-refractivity contribution in [1.82, 2.24) is 19.6 Å². The van der Waals surface area contributed by atoms with Gasteiger partial charge in [0.05, 0.1) is 59.0 Å². The van der Waals surface area contributed by atoms with Gasteiger partial charge in [0.15, 0.2) is 0 Å². The Morgan fingerprint density at radius 3 is 2.53 bits per heavy atom. The predicted octanol–water partition coefficient (Wildman–Crippen LogP) is 4.77. The lowest BCUT2D eigenvalue weighted by Gasteiger charge is -2.42. The number of hydrogen-bond donors (Lipinski definition) is 2. The monoisotopic (exact) mass is 643 g/mol. The van der Waals surface area contributed by atoms with E-state index in [-0.39, 0.29) is 60.1 Å². The van der Waals surface area contributed by atoms with Crippen molar-refractivity contribution in [2.45, 2.75) is 50.4 Å². The smallest absolute Gasteiger partial charge is 0.229 e. The molecule has 1 aliphatic heterocycles. The second-order valence-corrected chi connectivity index (χ2v) is 14.4. The van der Waals surface area contributed by atoms with E-state index in [4.69, 9.17) is 10.5 Å². The van der Waals surface area contributed by atoms with Crippen LogP contribution in [0.15, 0.2) is 48.9 Å². The van der Waals surface area contributed by atoms with Crippen LogP contribution in [-0.4, -0.2) is 71.9 Å². The lowest BCUT2D eigenvalue weighted by atomic mass is 9.92. The summed E-state index contributed by atoms with van der Waals surface area (Å²) in [5.41, 5.74) is 6.49. The fourth-order valence-corrected chi connectivity index (χ4v) is 6.81. The summed E-state index contributed by atoms with van der Waals surface area (Å²) in [7, 11) is -3.15. The molecule has 4 aromatic rings. The Morgan fingerprint density at radius 1 is 1.11 bits per heavy atom. The normalized spacial score (nSPS) is 21.8. The molecule has 3 N–H and O–H groups in total. The summed E-state index contributed by atoms with van der Waals surface area (Å²) in [5, 5.41) is 7.75. The molecule has 4 heterocycles. The molecular formula is C31H36F3N7O3S. The molecule has 1 saturated heterocycles. The number of nitrogens with one attached hydrogen (secondary N) is 1. The number of alkyl halides is 1. The molecule has 0 radical (unpaired) electrons. The van der Waals surface area contributed by atoms with E-state index in [1.807, 2.05) is 13.0 Å². The number of pyridine rings is 1. The van der Waals surface area contributed by atoms with Crippen molar-refractivity contribution < 1.29 is 26.3 Å². The zero-order valence-electron chi connectivity index (χ0n) is 25.1. The third kappa shape index (κ3) is 6.49. The predicted molar refractivity (Wildman–Crippen MR) is 166 cm³/mol. The van der Waals surface area contributed by atoms with E-state index in [2.05, 4.69) is 25.3 Å². The molecule has 3 atom stereocenters. The Balaban J connectivity index is 1.24. The number of sulfone groups is 1. The van der Waals surface area contributed by atoms with Crippen LogP contribution in [-0.2, 0) is 20.2 Å². The molecular weight excluding hydrogens is 607 g/mol. The maximum atomic E-state index is 15.3. The van der Waals surface area contributed by atoms with Crippen LogP contribution in [0.2, 0.25) is 0 Å². The minimum Gasteiger partial charge on any atom is -0.375 e. The molecule has 1 aromatic carbocycles. The summed E-state index contributed by atoms with van der Waals surface area (Å²) in [4.78, 5) is 10.8. The highest BCUT2D eigenvalue weighted by Gasteiger charge is 2.37. The zero-order valence-corrected chi connectivity index (χ0v) is 25.9. The lowest BCUT2D eigenvalue weighted by molar-refractivity contribution is 0.00183. The van der Waals surface area contributed by atoms with Crippen molar-refractivity contribution in [2.75, 3.05) is 41.9 Å². The van der Waals surface area contributed by atoms with Crippen LogP contribution in [0.5, 0.6) is 0 Å². The van der Waals surface area contributed by atoms with Crippen LogP contribution in [0.1, 0.15) is 38.2 Å². The fourth-order valence-electron chi connectivity index (χ4n) is 6.41. The van der Waals surface area contributed by atoms with E-state index in [0.717, 1.165) is 17.8 Å². The maximum Gasteiger partial charge on any atom is 0.229 e. The van der Waals surface area contributed by atoms with Crippen LogP contribution in [0.25, 0.3) is 16.8 Å². The number of piperidine rings is 1. The average molecular weight is 644 g/mol. The molecule has 10 nitrogen and oxygen atoms in total. The number of hydrogen-bond acceptors (Lipinski definition) is 9. The molecule has 240 valence electrons. The third-order valence-electron chi connectivity index (χ3n) is 8.67. The molecule has 2 fully saturated rings. The Hall–Kier alpha value is -3.75. The Morgan fingerprint density at radius 2 is 1.84 bits per heavy atom. The van der Waals surface area contributed by atoms with Crippen LogP contribution in [0, 0.1) is 17.6 Å². The number of aromatic nitrogens is 4. The Labute approximate surface area is 259 Å². The Bertz CT molecular complexity index is 1780. The summed E-state index contributed by atoms with van der Waals surface area (Å²) < 4.78 is 76.3. The molecule has 0 spiro atoms. The van der Waals surface area contributed by atoms with Gasteiger partial charge < -0.3 is 20.7 Å². The van der Waals surface area contributed by atoms with Crippen molar-refractivity contribution in [3.05, 3.63) is 66.1 Å². The molecule has 0 amide bonds. The summed E-state index contributed by atoms with van der Waals surface area (Å²) >= 11 is 0. The van der Waals surface area contributed by atoms with E-state index >= 15 is 13.2 Å². The van der Waals surface area contributed by atoms with Gasteiger partial charge in [-0.2, -0.15) is 9.61 Å². The quantitative estimate of drug-likeness (QED) is 0.265. The SMILES string of the molecule is C[C@H]1CN(c2ccncc2Nc2ncc3ccc(-c4c(F)cc(C5(F)CCCC5)cc4F)nn23)C[C@@H](N)[C@H]1OCCS(C)(=O)=O. The highest BCUT2D eigenvalue weighted by atomic mass is 32.2. The van der Waals surface area contributed by atoms with Gasteiger partial charge >= 0.3 is 0 Å². The van der Waals surface area contributed by atoms with Crippen molar-refractivity contribution >= 4 is 32.7 Å². The molecule has 1 aliphatic carbocycles. The van der Waals surface area contributed by atoms with Gasteiger partial charge in [0.1, 0.15) is 27.1 Å². The van der Waals surface area contributed by atoms with Crippen LogP contribution >= 0.6 is 0 Å². The number of nitrogens with two attached hydrogens (primary N) is 1. The minimum atomic E-state index is -3.15. The van der Waals surface area contributed by atoms with Crippen LogP contribution < -0.4 is 16.0 Å². The second-order valence-electron chi connectivity index (χ2n) is 12.2. The number of fused-ring (bicyclic) bond motifs is 1. The zero-order chi connectivity index (χ0) is 31.9. The largest absolute Gasteiger partial charge is 0.375 e. The van der Waals surface area contributed by atoms with Gasteiger partial charge in [-0.25, -0.2) is 26.6 Å². The van der Waals surface area contributed by atoms with Crippen LogP contribution in [0.3, 0.4) is 0 Å². The number of anilines is 3. The molecule has 0 bridgehead atoms. The average Bonchev–Trinajstić information content (AvgIpc) is 3.60. The van der Waals surface area contributed by atoms with Gasteiger partial charge in [0.25, 0.3) is 0 Å². The number of rotatable bonds is 9. The van der Waals surface area contributed by atoms with Gasteiger partial charge in [-0.1, -0.05) is 6.92 Å². The molecule has 0 unspecified atom stereocenters. The first-order valence-corrected chi connectivity index (χ1v) is 17.0. The molecule has 2 aliphatic rings. The molecule has 3 aromatic heterocycles. The fraction of sp³-hybridized carbons (Fsp3) is 0.452. The van der Waals surface area contributed by atoms with E-state index in [9.17, 15) is 8.42 Å². The number of nitrogens with zero attached hydrogens (tertiary/aromatic N) is 5. The lowest BCUT2D eigenvalue weighted by Crippen LogP contribution is -2.57.